The predicted octanol–water partition coefficient (Wildman–Crippen LogP) is 12.8. The van der Waals surface area contributed by atoms with Crippen LogP contribution in [0.4, 0.5) is 19.2 Å². The topological polar surface area (TPSA) is 218 Å². The molecule has 9 aromatic rings. The molecule has 0 atom stereocenters. The molecule has 21 heteroatoms. The number of pyridine rings is 1. The van der Waals surface area contributed by atoms with Crippen LogP contribution >= 0.6 is 0 Å². The average Bonchev–Trinajstić information content (AvgIpc) is 1.91. The van der Waals surface area contributed by atoms with Crippen molar-refractivity contribution < 1.29 is 38.5 Å². The average molecular weight is 1230 g/mol. The maximum absolute atomic E-state index is 12.8. The number of phenols is 1. The van der Waals surface area contributed by atoms with Gasteiger partial charge in [0, 0.05) is 100 Å². The maximum atomic E-state index is 12.8. The first kappa shape index (κ1) is 64.3. The third-order valence-electron chi connectivity index (χ3n) is 17.3. The van der Waals surface area contributed by atoms with Gasteiger partial charge < -0.3 is 34.5 Å². The minimum Gasteiger partial charge on any atom is -0.619 e. The van der Waals surface area contributed by atoms with Crippen LogP contribution in [-0.4, -0.2) is 158 Å². The van der Waals surface area contributed by atoms with Crippen LogP contribution in [0.15, 0.2) is 184 Å². The summed E-state index contributed by atoms with van der Waals surface area (Å²) < 4.78 is 17.6. The molecule has 13 rings (SSSR count). The largest absolute Gasteiger partial charge is 0.619 e. The first-order valence-electron chi connectivity index (χ1n) is 31.2. The quantitative estimate of drug-likeness (QED) is 0.111. The third-order valence-corrected chi connectivity index (χ3v) is 17.3. The van der Waals surface area contributed by atoms with Crippen LogP contribution < -0.4 is 4.73 Å². The van der Waals surface area contributed by atoms with Gasteiger partial charge in [-0.25, -0.2) is 39.1 Å². The number of aromatic nitrogens is 9. The van der Waals surface area contributed by atoms with Crippen molar-refractivity contribution in [2.45, 2.75) is 115 Å². The SMILES string of the molecule is CC1(C)COCN1C(=O)n1cnc(-c2cccc(-c3ccccc3)c2)c1.CN(C(=O)n1cnc(-c2ccc(O)cc2)c1)C1CCCCC1.CN(C(=O)n1cnc(-c2ccc[n+]([O-])c2)c1)C1CCCCC1.CN(C(=O)n1cnc(-c2ccccc2)c1)C1CCOCC1. The Hall–Kier alpha value is -9.73. The number of hydrogen-bond donors (Lipinski definition) is 1. The van der Waals surface area contributed by atoms with Gasteiger partial charge in [-0.1, -0.05) is 117 Å². The molecule has 4 fully saturated rings. The Morgan fingerprint density at radius 2 is 0.912 bits per heavy atom. The molecule has 2 aliphatic heterocycles. The summed E-state index contributed by atoms with van der Waals surface area (Å²) in [6.07, 6.45) is 29.5. The maximum Gasteiger partial charge on any atom is 0.331 e. The first-order valence-corrected chi connectivity index (χ1v) is 31.2. The van der Waals surface area contributed by atoms with Crippen molar-refractivity contribution in [1.82, 2.24) is 57.8 Å². The molecule has 0 spiro atoms. The summed E-state index contributed by atoms with van der Waals surface area (Å²) in [6, 6.07) is 39.1. The smallest absolute Gasteiger partial charge is 0.331 e. The van der Waals surface area contributed by atoms with Gasteiger partial charge >= 0.3 is 24.1 Å². The van der Waals surface area contributed by atoms with Gasteiger partial charge in [0.25, 0.3) is 0 Å². The number of carbonyl (C=O) groups excluding carboxylic acids is 4. The summed E-state index contributed by atoms with van der Waals surface area (Å²) in [5.41, 5.74) is 8.47. The van der Waals surface area contributed by atoms with Crippen LogP contribution in [0.5, 0.6) is 5.75 Å². The number of hydrogen-bond acceptors (Lipinski definition) is 12. The first-order chi connectivity index (χ1) is 44.1. The normalized spacial score (nSPS) is 15.8. The number of imidazole rings is 4. The Kier molecular flexibility index (Phi) is 21.3. The third kappa shape index (κ3) is 16.4. The van der Waals surface area contributed by atoms with E-state index in [0.29, 0.717) is 36.7 Å². The summed E-state index contributed by atoms with van der Waals surface area (Å²) in [6.45, 7) is 6.30. The molecule has 4 aliphatic rings. The van der Waals surface area contributed by atoms with Crippen molar-refractivity contribution in [3.8, 4) is 61.9 Å². The second-order valence-electron chi connectivity index (χ2n) is 24.1. The molecule has 4 aromatic carbocycles. The lowest BCUT2D eigenvalue weighted by Crippen LogP contribution is -2.45. The molecule has 91 heavy (non-hydrogen) atoms. The fraction of sp³-hybridized carbons (Fsp3) is 0.357. The molecule has 7 heterocycles. The fourth-order valence-corrected chi connectivity index (χ4v) is 11.8. The molecule has 2 saturated heterocycles. The van der Waals surface area contributed by atoms with E-state index in [2.05, 4.69) is 44.2 Å². The van der Waals surface area contributed by atoms with Gasteiger partial charge in [-0.05, 0) is 99.9 Å². The fourth-order valence-electron chi connectivity index (χ4n) is 11.8. The highest BCUT2D eigenvalue weighted by molar-refractivity contribution is 5.81. The van der Waals surface area contributed by atoms with Crippen molar-refractivity contribution in [3.63, 3.8) is 0 Å². The zero-order valence-corrected chi connectivity index (χ0v) is 52.5. The predicted molar refractivity (Wildman–Crippen MR) is 348 cm³/mol. The standard InChI is InChI=1S/C21H21N3O2.C17H21N3O2.C16H20N4O2.C16H19N3O2/c1-21(2)13-26-15-24(21)20(25)23-12-19(22-14-23)18-10-6-9-17(11-18)16-7-4-3-5-8-16;1-19(14-5-3-2-4-6-14)17(22)20-11-16(18-12-20)13-7-9-15(21)10-8-13;1-18(14-7-3-2-4-8-14)16(21)19-11-15(17-12-19)13-6-5-9-20(22)10-13;1-18(14-7-9-21-10-8-14)16(20)19-11-15(17-12-19)13-5-3-2-4-6-13/h3-12,14H,13,15H2,1-2H3;7-12,14,21H,2-6H2,1H3;5-6,9-12,14H,2-4,7-8H2,1H3;2-6,11-12,14H,7-10H2,1H3. The molecule has 2 aliphatic carbocycles. The van der Waals surface area contributed by atoms with Crippen LogP contribution in [0, 0.1) is 5.21 Å². The molecular weight excluding hydrogens is 1150 g/mol. The van der Waals surface area contributed by atoms with Crippen LogP contribution in [0.25, 0.3) is 56.2 Å². The molecule has 21 nitrogen and oxygen atoms in total. The Balaban J connectivity index is 0.000000134. The molecule has 0 radical (unpaired) electrons. The summed E-state index contributed by atoms with van der Waals surface area (Å²) in [5, 5.41) is 20.7. The number of aromatic hydroxyl groups is 1. The summed E-state index contributed by atoms with van der Waals surface area (Å²) in [4.78, 5) is 74.8. The molecular formula is C70H81N13O8. The van der Waals surface area contributed by atoms with Gasteiger partial charge in [0.1, 0.15) is 37.8 Å². The Labute approximate surface area is 531 Å². The van der Waals surface area contributed by atoms with E-state index in [9.17, 15) is 29.5 Å². The van der Waals surface area contributed by atoms with Crippen molar-refractivity contribution in [2.24, 2.45) is 0 Å². The van der Waals surface area contributed by atoms with Gasteiger partial charge in [-0.3, -0.25) is 23.2 Å². The minimum atomic E-state index is -0.311. The highest BCUT2D eigenvalue weighted by Crippen LogP contribution is 2.29. The van der Waals surface area contributed by atoms with Gasteiger partial charge in [0.15, 0.2) is 12.4 Å². The van der Waals surface area contributed by atoms with E-state index in [4.69, 9.17) is 9.47 Å². The molecule has 0 bridgehead atoms. The number of ether oxygens (including phenoxy) is 2. The monoisotopic (exact) mass is 1230 g/mol. The van der Waals surface area contributed by atoms with E-state index in [1.54, 1.807) is 94.5 Å². The molecule has 2 saturated carbocycles. The summed E-state index contributed by atoms with van der Waals surface area (Å²) in [5.74, 6) is 0.219. The van der Waals surface area contributed by atoms with Gasteiger partial charge in [-0.2, -0.15) is 4.73 Å². The van der Waals surface area contributed by atoms with E-state index in [0.717, 1.165) is 101 Å². The minimum absolute atomic E-state index is 0.0376. The van der Waals surface area contributed by atoms with Crippen molar-refractivity contribution in [1.29, 1.82) is 0 Å². The van der Waals surface area contributed by atoms with Crippen LogP contribution in [-0.2, 0) is 9.47 Å². The summed E-state index contributed by atoms with van der Waals surface area (Å²) >= 11 is 0. The molecule has 4 amide bonds. The Bertz CT molecular complexity index is 3820. The molecule has 5 aromatic heterocycles. The van der Waals surface area contributed by atoms with Gasteiger partial charge in [-0.15, -0.1) is 0 Å². The van der Waals surface area contributed by atoms with E-state index in [1.807, 2.05) is 105 Å². The second-order valence-corrected chi connectivity index (χ2v) is 24.1. The Morgan fingerprint density at radius 1 is 0.495 bits per heavy atom. The molecule has 474 valence electrons. The van der Waals surface area contributed by atoms with Crippen LogP contribution in [0.2, 0.25) is 0 Å². The van der Waals surface area contributed by atoms with Gasteiger partial charge in [0.05, 0.1) is 40.5 Å². The van der Waals surface area contributed by atoms with Crippen molar-refractivity contribution in [3.05, 3.63) is 189 Å². The number of rotatable bonds is 8. The summed E-state index contributed by atoms with van der Waals surface area (Å²) in [7, 11) is 5.57. The number of amides is 4. The van der Waals surface area contributed by atoms with Gasteiger partial charge in [0.2, 0.25) is 0 Å². The highest BCUT2D eigenvalue weighted by atomic mass is 16.5. The molecule has 1 N–H and O–H groups in total. The lowest BCUT2D eigenvalue weighted by Gasteiger charge is -2.31. The lowest BCUT2D eigenvalue weighted by atomic mass is 9.95. The number of carbonyl (C=O) groups is 4. The van der Waals surface area contributed by atoms with E-state index in [1.165, 1.54) is 70.9 Å². The van der Waals surface area contributed by atoms with Crippen molar-refractivity contribution >= 4 is 24.1 Å². The lowest BCUT2D eigenvalue weighted by molar-refractivity contribution is -0.604. The second kappa shape index (κ2) is 30.2. The van der Waals surface area contributed by atoms with Crippen LogP contribution in [0.3, 0.4) is 0 Å². The van der Waals surface area contributed by atoms with E-state index in [-0.39, 0.29) is 41.5 Å². The molecule has 0 unspecified atom stereocenters. The zero-order chi connectivity index (χ0) is 63.9. The van der Waals surface area contributed by atoms with E-state index >= 15 is 0 Å². The van der Waals surface area contributed by atoms with Crippen molar-refractivity contribution in [2.75, 3.05) is 47.7 Å². The number of benzene rings is 4. The highest BCUT2D eigenvalue weighted by Gasteiger charge is 2.37. The Morgan fingerprint density at radius 3 is 1.41 bits per heavy atom. The number of nitrogens with zero attached hydrogens (tertiary/aromatic N) is 13. The van der Waals surface area contributed by atoms with E-state index < -0.39 is 0 Å². The number of phenolic OH excluding ortho intramolecular Hbond substituents is 1. The van der Waals surface area contributed by atoms with Crippen LogP contribution in [0.1, 0.15) is 90.9 Å². The zero-order valence-electron chi connectivity index (χ0n) is 52.5.